The zero-order chi connectivity index (χ0) is 21.6. The molecule has 0 saturated heterocycles. The summed E-state index contributed by atoms with van der Waals surface area (Å²) in [5.41, 5.74) is 6.15. The topological polar surface area (TPSA) is 116 Å². The van der Waals surface area contributed by atoms with Crippen molar-refractivity contribution in [2.75, 3.05) is 0 Å². The molecule has 0 bridgehead atoms. The van der Waals surface area contributed by atoms with E-state index in [9.17, 15) is 14.4 Å². The zero-order valence-electron chi connectivity index (χ0n) is 17.4. The van der Waals surface area contributed by atoms with Crippen molar-refractivity contribution >= 4 is 17.9 Å². The van der Waals surface area contributed by atoms with E-state index in [1.54, 1.807) is 19.9 Å². The van der Waals surface area contributed by atoms with Crippen LogP contribution in [-0.4, -0.2) is 29.1 Å². The highest BCUT2D eigenvalue weighted by Crippen LogP contribution is 2.31. The van der Waals surface area contributed by atoms with Crippen molar-refractivity contribution in [1.82, 2.24) is 0 Å². The molecule has 2 unspecified atom stereocenters. The molecule has 0 saturated carbocycles. The highest BCUT2D eigenvalue weighted by Gasteiger charge is 2.24. The van der Waals surface area contributed by atoms with Gasteiger partial charge in [0.15, 0.2) is 11.5 Å². The molecule has 3 N–H and O–H groups in total. The summed E-state index contributed by atoms with van der Waals surface area (Å²) in [6, 6.07) is 3.51. The largest absolute Gasteiger partial charge is 0.480 e. The third kappa shape index (κ3) is 6.64. The third-order valence-electron chi connectivity index (χ3n) is 4.95. The third-order valence-corrected chi connectivity index (χ3v) is 4.95. The molecule has 0 amide bonds. The molecule has 1 rings (SSSR count). The van der Waals surface area contributed by atoms with Crippen LogP contribution in [-0.2, 0) is 20.8 Å². The standard InChI is InChI=1S/C21H31NO6/c1-11(2)13(5)20(25)27-17-8-7-15(9-16(22)19(23)24)10-18(17)28-21(26)14(6)12(3)4/h7-8,10-14,16H,9,22H2,1-6H3,(H,23,24)/t13?,14?,16-/m0/s1. The van der Waals surface area contributed by atoms with Gasteiger partial charge in [-0.2, -0.15) is 0 Å². The van der Waals surface area contributed by atoms with Gasteiger partial charge in [0.25, 0.3) is 0 Å². The fourth-order valence-electron chi connectivity index (χ4n) is 2.13. The molecule has 1 aromatic carbocycles. The van der Waals surface area contributed by atoms with Crippen LogP contribution < -0.4 is 15.2 Å². The summed E-state index contributed by atoms with van der Waals surface area (Å²) in [6.45, 7) is 11.1. The summed E-state index contributed by atoms with van der Waals surface area (Å²) in [5.74, 6) is -2.35. The van der Waals surface area contributed by atoms with Crippen LogP contribution in [0.15, 0.2) is 18.2 Å². The smallest absolute Gasteiger partial charge is 0.320 e. The molecule has 0 fully saturated rings. The SMILES string of the molecule is CC(C)C(C)C(=O)Oc1ccc(C[C@H](N)C(=O)O)cc1OC(=O)C(C)C(C)C. The Bertz CT molecular complexity index is 713. The molecule has 3 atom stereocenters. The lowest BCUT2D eigenvalue weighted by Crippen LogP contribution is -2.32. The second-order valence-electron chi connectivity index (χ2n) is 7.84. The Labute approximate surface area is 166 Å². The van der Waals surface area contributed by atoms with Crippen LogP contribution in [0.2, 0.25) is 0 Å². The quantitative estimate of drug-likeness (QED) is 0.489. The van der Waals surface area contributed by atoms with Crippen LogP contribution in [0, 0.1) is 23.7 Å². The highest BCUT2D eigenvalue weighted by atomic mass is 16.6. The average molecular weight is 393 g/mol. The Balaban J connectivity index is 3.17. The fourth-order valence-corrected chi connectivity index (χ4v) is 2.13. The lowest BCUT2D eigenvalue weighted by Gasteiger charge is -2.19. The van der Waals surface area contributed by atoms with Gasteiger partial charge < -0.3 is 20.3 Å². The van der Waals surface area contributed by atoms with Crippen molar-refractivity contribution in [2.45, 2.75) is 54.0 Å². The van der Waals surface area contributed by atoms with Crippen molar-refractivity contribution in [1.29, 1.82) is 0 Å². The predicted molar refractivity (Wildman–Crippen MR) is 105 cm³/mol. The van der Waals surface area contributed by atoms with E-state index in [-0.39, 0.29) is 41.6 Å². The van der Waals surface area contributed by atoms with Gasteiger partial charge in [0.05, 0.1) is 11.8 Å². The number of esters is 2. The predicted octanol–water partition coefficient (Wildman–Crippen LogP) is 3.04. The number of carbonyl (C=O) groups excluding carboxylic acids is 2. The number of ether oxygens (including phenoxy) is 2. The van der Waals surface area contributed by atoms with Gasteiger partial charge in [-0.25, -0.2) is 0 Å². The van der Waals surface area contributed by atoms with Crippen LogP contribution in [0.1, 0.15) is 47.1 Å². The summed E-state index contributed by atoms with van der Waals surface area (Å²) in [6.07, 6.45) is 0.0518. The molecule has 0 aliphatic rings. The van der Waals surface area contributed by atoms with Crippen LogP contribution in [0.25, 0.3) is 0 Å². The first-order valence-electron chi connectivity index (χ1n) is 9.48. The minimum absolute atomic E-state index is 0.0518. The van der Waals surface area contributed by atoms with E-state index >= 15 is 0 Å². The van der Waals surface area contributed by atoms with Crippen LogP contribution in [0.5, 0.6) is 11.5 Å². The molecule has 156 valence electrons. The van der Waals surface area contributed by atoms with E-state index in [1.807, 2.05) is 27.7 Å². The van der Waals surface area contributed by atoms with Gasteiger partial charge in [0.1, 0.15) is 6.04 Å². The van der Waals surface area contributed by atoms with E-state index in [4.69, 9.17) is 20.3 Å². The summed E-state index contributed by atoms with van der Waals surface area (Å²) in [5, 5.41) is 9.00. The molecule has 7 heteroatoms. The van der Waals surface area contributed by atoms with Crippen molar-refractivity contribution in [3.8, 4) is 11.5 Å². The van der Waals surface area contributed by atoms with Crippen molar-refractivity contribution in [2.24, 2.45) is 29.4 Å². The molecule has 0 spiro atoms. The summed E-state index contributed by atoms with van der Waals surface area (Å²) < 4.78 is 10.9. The first-order chi connectivity index (χ1) is 12.9. The monoisotopic (exact) mass is 393 g/mol. The first kappa shape index (κ1) is 23.6. The van der Waals surface area contributed by atoms with Crippen LogP contribution in [0.4, 0.5) is 0 Å². The van der Waals surface area contributed by atoms with E-state index in [1.165, 1.54) is 12.1 Å². The normalized spacial score (nSPS) is 14.5. The molecule has 0 aromatic heterocycles. The van der Waals surface area contributed by atoms with E-state index in [0.29, 0.717) is 5.56 Å². The molecule has 0 aliphatic carbocycles. The molecule has 0 aliphatic heterocycles. The number of benzene rings is 1. The number of hydrogen-bond donors (Lipinski definition) is 2. The summed E-state index contributed by atoms with van der Waals surface area (Å²) >= 11 is 0. The maximum absolute atomic E-state index is 12.4. The Morgan fingerprint density at radius 2 is 1.36 bits per heavy atom. The zero-order valence-corrected chi connectivity index (χ0v) is 17.4. The lowest BCUT2D eigenvalue weighted by molar-refractivity contribution is -0.142. The van der Waals surface area contributed by atoms with Gasteiger partial charge in [-0.15, -0.1) is 0 Å². The molecule has 7 nitrogen and oxygen atoms in total. The van der Waals surface area contributed by atoms with Crippen molar-refractivity contribution < 1.29 is 29.0 Å². The second-order valence-corrected chi connectivity index (χ2v) is 7.84. The number of nitrogens with two attached hydrogens (primary N) is 1. The number of carboxylic acids is 1. The fraction of sp³-hybridized carbons (Fsp3) is 0.571. The van der Waals surface area contributed by atoms with Gasteiger partial charge in [-0.05, 0) is 36.0 Å². The van der Waals surface area contributed by atoms with Gasteiger partial charge in [-0.3, -0.25) is 14.4 Å². The van der Waals surface area contributed by atoms with Crippen LogP contribution >= 0.6 is 0 Å². The van der Waals surface area contributed by atoms with E-state index < -0.39 is 23.9 Å². The average Bonchev–Trinajstić information content (AvgIpc) is 2.61. The van der Waals surface area contributed by atoms with Gasteiger partial charge in [0.2, 0.25) is 0 Å². The minimum atomic E-state index is -1.13. The number of aliphatic carboxylic acids is 1. The Hall–Kier alpha value is -2.41. The number of rotatable bonds is 9. The van der Waals surface area contributed by atoms with Gasteiger partial charge in [0, 0.05) is 0 Å². The van der Waals surface area contributed by atoms with Crippen molar-refractivity contribution in [3.05, 3.63) is 23.8 Å². The van der Waals surface area contributed by atoms with E-state index in [2.05, 4.69) is 0 Å². The summed E-state index contributed by atoms with van der Waals surface area (Å²) in [4.78, 5) is 35.7. The maximum Gasteiger partial charge on any atom is 0.320 e. The number of carbonyl (C=O) groups is 3. The Kier molecular flexibility index (Phi) is 8.63. The van der Waals surface area contributed by atoms with Gasteiger partial charge in [-0.1, -0.05) is 47.6 Å². The maximum atomic E-state index is 12.4. The Morgan fingerprint density at radius 3 is 1.79 bits per heavy atom. The molecular formula is C21H31NO6. The van der Waals surface area contributed by atoms with E-state index in [0.717, 1.165) is 0 Å². The Morgan fingerprint density at radius 1 is 0.893 bits per heavy atom. The van der Waals surface area contributed by atoms with Crippen molar-refractivity contribution in [3.63, 3.8) is 0 Å². The summed E-state index contributed by atoms with van der Waals surface area (Å²) in [7, 11) is 0. The molecule has 28 heavy (non-hydrogen) atoms. The first-order valence-corrected chi connectivity index (χ1v) is 9.48. The van der Waals surface area contributed by atoms with Gasteiger partial charge >= 0.3 is 17.9 Å². The second kappa shape index (κ2) is 10.2. The number of hydrogen-bond acceptors (Lipinski definition) is 6. The molecule has 0 radical (unpaired) electrons. The molecule has 1 aromatic rings. The number of carboxylic acid groups (broad SMARTS) is 1. The van der Waals surface area contributed by atoms with Crippen LogP contribution in [0.3, 0.4) is 0 Å². The minimum Gasteiger partial charge on any atom is -0.480 e. The highest BCUT2D eigenvalue weighted by molar-refractivity contribution is 5.79. The lowest BCUT2D eigenvalue weighted by atomic mass is 9.98. The molecule has 0 heterocycles. The molecular weight excluding hydrogens is 362 g/mol.